The lowest BCUT2D eigenvalue weighted by molar-refractivity contribution is -0.121. The SMILES string of the molecule is Nc1ccc2c(c1)OCC(=O)N2CCn1ccccc1=O. The smallest absolute Gasteiger partial charge is 0.265 e. The number of carbonyl (C=O) groups is 1. The Morgan fingerprint density at radius 3 is 2.81 bits per heavy atom. The fraction of sp³-hybridized carbons (Fsp3) is 0.200. The number of nitrogens with zero attached hydrogens (tertiary/aromatic N) is 2. The van der Waals surface area contributed by atoms with E-state index in [1.807, 2.05) is 0 Å². The summed E-state index contributed by atoms with van der Waals surface area (Å²) in [4.78, 5) is 25.3. The zero-order chi connectivity index (χ0) is 14.8. The van der Waals surface area contributed by atoms with Crippen LogP contribution in [0.15, 0.2) is 47.4 Å². The number of hydrogen-bond acceptors (Lipinski definition) is 4. The van der Waals surface area contributed by atoms with Crippen LogP contribution in [0.5, 0.6) is 5.75 Å². The number of aromatic nitrogens is 1. The van der Waals surface area contributed by atoms with Gasteiger partial charge in [-0.25, -0.2) is 0 Å². The summed E-state index contributed by atoms with van der Waals surface area (Å²) in [6.45, 7) is 0.818. The monoisotopic (exact) mass is 285 g/mol. The van der Waals surface area contributed by atoms with Crippen LogP contribution in [0.3, 0.4) is 0 Å². The summed E-state index contributed by atoms with van der Waals surface area (Å²) < 4.78 is 6.95. The van der Waals surface area contributed by atoms with Crippen LogP contribution in [0.1, 0.15) is 0 Å². The van der Waals surface area contributed by atoms with Crippen molar-refractivity contribution in [2.75, 3.05) is 23.8 Å². The normalized spacial score (nSPS) is 13.7. The van der Waals surface area contributed by atoms with Gasteiger partial charge < -0.3 is 19.9 Å². The van der Waals surface area contributed by atoms with Gasteiger partial charge in [-0.2, -0.15) is 0 Å². The van der Waals surface area contributed by atoms with Crippen molar-refractivity contribution in [3.8, 4) is 5.75 Å². The molecular formula is C15H15N3O3. The van der Waals surface area contributed by atoms with E-state index < -0.39 is 0 Å². The molecule has 2 aromatic rings. The molecule has 1 aromatic carbocycles. The van der Waals surface area contributed by atoms with Gasteiger partial charge in [0.1, 0.15) is 5.75 Å². The third-order valence-corrected chi connectivity index (χ3v) is 3.39. The molecule has 0 radical (unpaired) electrons. The minimum atomic E-state index is -0.128. The molecule has 1 aliphatic rings. The molecule has 0 unspecified atom stereocenters. The first kappa shape index (κ1) is 13.2. The molecule has 0 aliphatic carbocycles. The number of ether oxygens (including phenoxy) is 1. The molecular weight excluding hydrogens is 270 g/mol. The van der Waals surface area contributed by atoms with Crippen LogP contribution in [0.2, 0.25) is 0 Å². The van der Waals surface area contributed by atoms with Gasteiger partial charge in [0.25, 0.3) is 11.5 Å². The summed E-state index contributed by atoms with van der Waals surface area (Å²) in [6, 6.07) is 10.2. The van der Waals surface area contributed by atoms with Crippen LogP contribution in [-0.4, -0.2) is 23.6 Å². The molecule has 0 atom stereocenters. The van der Waals surface area contributed by atoms with Crippen LogP contribution < -0.4 is 20.9 Å². The lowest BCUT2D eigenvalue weighted by Crippen LogP contribution is -2.41. The standard InChI is InChI=1S/C15H15N3O3/c16-11-4-5-12-13(9-11)21-10-15(20)18(12)8-7-17-6-2-1-3-14(17)19/h1-6,9H,7-8,10,16H2. The van der Waals surface area contributed by atoms with E-state index in [2.05, 4.69) is 0 Å². The average Bonchev–Trinajstić information content (AvgIpc) is 2.48. The van der Waals surface area contributed by atoms with Crippen molar-refractivity contribution < 1.29 is 9.53 Å². The Kier molecular flexibility index (Phi) is 3.35. The second-order valence-electron chi connectivity index (χ2n) is 4.79. The second-order valence-corrected chi connectivity index (χ2v) is 4.79. The Hall–Kier alpha value is -2.76. The van der Waals surface area contributed by atoms with Gasteiger partial charge in [0.15, 0.2) is 6.61 Å². The first-order chi connectivity index (χ1) is 10.1. The van der Waals surface area contributed by atoms with Gasteiger partial charge in [0.05, 0.1) is 5.69 Å². The Labute approximate surface area is 121 Å². The fourth-order valence-electron chi connectivity index (χ4n) is 2.32. The minimum Gasteiger partial charge on any atom is -0.481 e. The molecule has 6 nitrogen and oxygen atoms in total. The first-order valence-electron chi connectivity index (χ1n) is 6.63. The van der Waals surface area contributed by atoms with E-state index in [1.54, 1.807) is 46.0 Å². The molecule has 0 spiro atoms. The second kappa shape index (κ2) is 5.32. The van der Waals surface area contributed by atoms with E-state index in [0.29, 0.717) is 30.2 Å². The van der Waals surface area contributed by atoms with Crippen molar-refractivity contribution in [2.45, 2.75) is 6.54 Å². The molecule has 21 heavy (non-hydrogen) atoms. The molecule has 1 amide bonds. The van der Waals surface area contributed by atoms with Crippen LogP contribution in [0.25, 0.3) is 0 Å². The highest BCUT2D eigenvalue weighted by molar-refractivity contribution is 5.98. The third kappa shape index (κ3) is 2.60. The van der Waals surface area contributed by atoms with Crippen LogP contribution in [-0.2, 0) is 11.3 Å². The topological polar surface area (TPSA) is 77.6 Å². The number of benzene rings is 1. The van der Waals surface area contributed by atoms with Gasteiger partial charge in [-0.3, -0.25) is 9.59 Å². The Bertz CT molecular complexity index is 739. The maximum atomic E-state index is 12.0. The molecule has 2 heterocycles. The predicted octanol–water partition coefficient (Wildman–Crippen LogP) is 0.856. The number of fused-ring (bicyclic) bond motifs is 1. The van der Waals surface area contributed by atoms with E-state index in [-0.39, 0.29) is 18.1 Å². The van der Waals surface area contributed by atoms with Crippen LogP contribution >= 0.6 is 0 Å². The van der Waals surface area contributed by atoms with E-state index in [9.17, 15) is 9.59 Å². The minimum absolute atomic E-state index is 0.0137. The Morgan fingerprint density at radius 1 is 1.14 bits per heavy atom. The van der Waals surface area contributed by atoms with Gasteiger partial charge in [-0.05, 0) is 18.2 Å². The number of rotatable bonds is 3. The lowest BCUT2D eigenvalue weighted by Gasteiger charge is -2.29. The van der Waals surface area contributed by atoms with Crippen molar-refractivity contribution in [3.05, 3.63) is 52.9 Å². The quantitative estimate of drug-likeness (QED) is 0.848. The molecule has 6 heteroatoms. The highest BCUT2D eigenvalue weighted by Gasteiger charge is 2.25. The van der Waals surface area contributed by atoms with Crippen molar-refractivity contribution in [2.24, 2.45) is 0 Å². The fourth-order valence-corrected chi connectivity index (χ4v) is 2.32. The summed E-state index contributed by atoms with van der Waals surface area (Å²) in [5, 5.41) is 0. The number of anilines is 2. The molecule has 0 fully saturated rings. The summed E-state index contributed by atoms with van der Waals surface area (Å²) in [5.41, 5.74) is 6.90. The maximum absolute atomic E-state index is 12.0. The largest absolute Gasteiger partial charge is 0.481 e. The molecule has 2 N–H and O–H groups in total. The Balaban J connectivity index is 1.84. The van der Waals surface area contributed by atoms with Gasteiger partial charge in [-0.1, -0.05) is 6.07 Å². The number of nitrogen functional groups attached to an aromatic ring is 1. The van der Waals surface area contributed by atoms with E-state index >= 15 is 0 Å². The number of pyridine rings is 1. The zero-order valence-corrected chi connectivity index (χ0v) is 11.4. The highest BCUT2D eigenvalue weighted by Crippen LogP contribution is 2.33. The Morgan fingerprint density at radius 2 is 2.00 bits per heavy atom. The molecule has 0 saturated carbocycles. The number of carbonyl (C=O) groups excluding carboxylic acids is 1. The number of amides is 1. The van der Waals surface area contributed by atoms with Gasteiger partial charge in [-0.15, -0.1) is 0 Å². The molecule has 1 aliphatic heterocycles. The lowest BCUT2D eigenvalue weighted by atomic mass is 10.2. The molecule has 0 bridgehead atoms. The summed E-state index contributed by atoms with van der Waals surface area (Å²) in [5.74, 6) is 0.464. The van der Waals surface area contributed by atoms with E-state index in [1.165, 1.54) is 6.07 Å². The molecule has 1 aromatic heterocycles. The van der Waals surface area contributed by atoms with Crippen molar-refractivity contribution in [1.29, 1.82) is 0 Å². The highest BCUT2D eigenvalue weighted by atomic mass is 16.5. The maximum Gasteiger partial charge on any atom is 0.265 e. The number of nitrogens with two attached hydrogens (primary N) is 1. The molecule has 0 saturated heterocycles. The van der Waals surface area contributed by atoms with E-state index in [0.717, 1.165) is 0 Å². The van der Waals surface area contributed by atoms with E-state index in [4.69, 9.17) is 10.5 Å². The van der Waals surface area contributed by atoms with Crippen molar-refractivity contribution >= 4 is 17.3 Å². The average molecular weight is 285 g/mol. The summed E-state index contributed by atoms with van der Waals surface area (Å²) >= 11 is 0. The zero-order valence-electron chi connectivity index (χ0n) is 11.4. The molecule has 3 rings (SSSR count). The van der Waals surface area contributed by atoms with Crippen LogP contribution in [0.4, 0.5) is 11.4 Å². The van der Waals surface area contributed by atoms with Crippen LogP contribution in [0, 0.1) is 0 Å². The summed E-state index contributed by atoms with van der Waals surface area (Å²) in [7, 11) is 0. The van der Waals surface area contributed by atoms with Gasteiger partial charge in [0, 0.05) is 37.1 Å². The van der Waals surface area contributed by atoms with Gasteiger partial charge >= 0.3 is 0 Å². The van der Waals surface area contributed by atoms with Crippen molar-refractivity contribution in [1.82, 2.24) is 4.57 Å². The predicted molar refractivity (Wildman–Crippen MR) is 79.4 cm³/mol. The molecule has 108 valence electrons. The first-order valence-corrected chi connectivity index (χ1v) is 6.63. The van der Waals surface area contributed by atoms with Gasteiger partial charge in [0.2, 0.25) is 0 Å². The van der Waals surface area contributed by atoms with Crippen molar-refractivity contribution in [3.63, 3.8) is 0 Å². The third-order valence-electron chi connectivity index (χ3n) is 3.39. The number of hydrogen-bond donors (Lipinski definition) is 1. The summed E-state index contributed by atoms with van der Waals surface area (Å²) in [6.07, 6.45) is 1.71.